The molecule has 206 valence electrons. The predicted molar refractivity (Wildman–Crippen MR) is 151 cm³/mol. The van der Waals surface area contributed by atoms with Crippen LogP contribution in [0.1, 0.15) is 38.3 Å². The summed E-state index contributed by atoms with van der Waals surface area (Å²) in [6.45, 7) is 4.36. The Morgan fingerprint density at radius 2 is 1.72 bits per heavy atom. The largest absolute Gasteiger partial charge is 0.349 e. The number of aromatic nitrogens is 2. The highest BCUT2D eigenvalue weighted by Crippen LogP contribution is 2.28. The summed E-state index contributed by atoms with van der Waals surface area (Å²) in [5, 5.41) is 2.91. The van der Waals surface area contributed by atoms with E-state index in [0.717, 1.165) is 53.8 Å². The van der Waals surface area contributed by atoms with Crippen molar-refractivity contribution in [2.24, 2.45) is 5.92 Å². The fraction of sp³-hybridized carbons (Fsp3) is 0.393. The zero-order chi connectivity index (χ0) is 27.6. The highest BCUT2D eigenvalue weighted by molar-refractivity contribution is 9.10. The molecule has 2 aliphatic heterocycles. The number of hydrogen-bond donors (Lipinski definition) is 1. The lowest BCUT2D eigenvalue weighted by Gasteiger charge is -2.30. The van der Waals surface area contributed by atoms with Crippen LogP contribution in [0, 0.1) is 11.7 Å². The summed E-state index contributed by atoms with van der Waals surface area (Å²) in [5.41, 5.74) is 2.35. The minimum atomic E-state index is -3.93. The van der Waals surface area contributed by atoms with Crippen LogP contribution in [-0.2, 0) is 21.4 Å². The topological polar surface area (TPSA) is 95.5 Å². The molecule has 1 aromatic heterocycles. The molecule has 1 N–H and O–H groups in total. The van der Waals surface area contributed by atoms with Crippen LogP contribution in [0.3, 0.4) is 0 Å². The quantitative estimate of drug-likeness (QED) is 0.412. The number of rotatable bonds is 7. The minimum absolute atomic E-state index is 0.0287. The van der Waals surface area contributed by atoms with Crippen molar-refractivity contribution in [3.8, 4) is 11.3 Å². The van der Waals surface area contributed by atoms with Crippen LogP contribution in [0.5, 0.6) is 0 Å². The molecule has 11 heteroatoms. The van der Waals surface area contributed by atoms with Crippen molar-refractivity contribution in [1.82, 2.24) is 19.6 Å². The Morgan fingerprint density at radius 3 is 2.41 bits per heavy atom. The van der Waals surface area contributed by atoms with Gasteiger partial charge in [0, 0.05) is 29.7 Å². The first-order valence-corrected chi connectivity index (χ1v) is 15.4. The molecule has 0 aliphatic carbocycles. The standard InChI is InChI=1S/C28H31BrFN5O3S/c1-19-12-15-34(16-13-19)28-32-23(17-25(33-28)20-4-6-21(29)7-5-20)18-31-27(36)26-3-2-14-35(26)39(37,38)24-10-8-22(30)9-11-24/h4-11,17,19,26H,2-3,12-16,18H2,1H3,(H,31,36)/t26-/m0/s1. The molecule has 39 heavy (non-hydrogen) atoms. The molecule has 0 spiro atoms. The van der Waals surface area contributed by atoms with E-state index in [1.54, 1.807) is 0 Å². The number of benzene rings is 2. The van der Waals surface area contributed by atoms with E-state index in [-0.39, 0.29) is 23.9 Å². The van der Waals surface area contributed by atoms with Crippen molar-refractivity contribution in [2.75, 3.05) is 24.5 Å². The fourth-order valence-electron chi connectivity index (χ4n) is 5.02. The summed E-state index contributed by atoms with van der Waals surface area (Å²) >= 11 is 3.47. The number of sulfonamides is 1. The van der Waals surface area contributed by atoms with Gasteiger partial charge in [-0.2, -0.15) is 4.31 Å². The van der Waals surface area contributed by atoms with E-state index < -0.39 is 21.9 Å². The molecule has 3 heterocycles. The van der Waals surface area contributed by atoms with Crippen LogP contribution in [0.2, 0.25) is 0 Å². The van der Waals surface area contributed by atoms with Crippen molar-refractivity contribution in [2.45, 2.75) is 50.1 Å². The van der Waals surface area contributed by atoms with Gasteiger partial charge in [-0.25, -0.2) is 22.8 Å². The molecule has 2 saturated heterocycles. The summed E-state index contributed by atoms with van der Waals surface area (Å²) < 4.78 is 41.9. The van der Waals surface area contributed by atoms with E-state index in [1.165, 1.54) is 16.4 Å². The number of halogens is 2. The SMILES string of the molecule is CC1CCN(c2nc(CNC(=O)[C@@H]3CCCN3S(=O)(=O)c3ccc(F)cc3)cc(-c3ccc(Br)cc3)n2)CC1. The summed E-state index contributed by atoms with van der Waals surface area (Å²) in [6, 6.07) is 13.6. The first-order chi connectivity index (χ1) is 18.7. The molecular formula is C28H31BrFN5O3S. The number of hydrogen-bond acceptors (Lipinski definition) is 6. The van der Waals surface area contributed by atoms with Crippen molar-refractivity contribution >= 4 is 37.8 Å². The van der Waals surface area contributed by atoms with Gasteiger partial charge in [0.1, 0.15) is 11.9 Å². The lowest BCUT2D eigenvalue weighted by atomic mass is 10.00. The summed E-state index contributed by atoms with van der Waals surface area (Å²) in [4.78, 5) is 25.0. The van der Waals surface area contributed by atoms with Crippen molar-refractivity contribution in [1.29, 1.82) is 0 Å². The molecule has 0 radical (unpaired) electrons. The van der Waals surface area contributed by atoms with Crippen LogP contribution in [0.25, 0.3) is 11.3 Å². The van der Waals surface area contributed by atoms with Gasteiger partial charge >= 0.3 is 0 Å². The van der Waals surface area contributed by atoms with Gasteiger partial charge in [-0.15, -0.1) is 0 Å². The van der Waals surface area contributed by atoms with E-state index in [9.17, 15) is 17.6 Å². The zero-order valence-corrected chi connectivity index (χ0v) is 24.1. The molecule has 2 fully saturated rings. The van der Waals surface area contributed by atoms with Crippen LogP contribution < -0.4 is 10.2 Å². The Labute approximate surface area is 236 Å². The number of nitrogens with one attached hydrogen (secondary N) is 1. The second-order valence-electron chi connectivity index (χ2n) is 10.2. The van der Waals surface area contributed by atoms with Gasteiger partial charge < -0.3 is 10.2 Å². The number of carbonyl (C=O) groups excluding carboxylic acids is 1. The number of piperidine rings is 1. The zero-order valence-electron chi connectivity index (χ0n) is 21.7. The first kappa shape index (κ1) is 27.7. The molecule has 1 atom stereocenters. The van der Waals surface area contributed by atoms with E-state index in [4.69, 9.17) is 9.97 Å². The van der Waals surface area contributed by atoms with Crippen molar-refractivity contribution in [3.63, 3.8) is 0 Å². The lowest BCUT2D eigenvalue weighted by molar-refractivity contribution is -0.124. The monoisotopic (exact) mass is 615 g/mol. The van der Waals surface area contributed by atoms with E-state index in [2.05, 4.69) is 33.1 Å². The Morgan fingerprint density at radius 1 is 1.03 bits per heavy atom. The number of nitrogens with zero attached hydrogens (tertiary/aromatic N) is 4. The molecule has 2 aliphatic rings. The van der Waals surface area contributed by atoms with Gasteiger partial charge in [-0.1, -0.05) is 35.0 Å². The van der Waals surface area contributed by atoms with E-state index >= 15 is 0 Å². The Kier molecular flexibility index (Phi) is 8.29. The van der Waals surface area contributed by atoms with Gasteiger partial charge in [0.15, 0.2) is 0 Å². The van der Waals surface area contributed by atoms with Crippen LogP contribution >= 0.6 is 15.9 Å². The Balaban J connectivity index is 1.35. The van der Waals surface area contributed by atoms with Crippen LogP contribution in [0.15, 0.2) is 64.0 Å². The van der Waals surface area contributed by atoms with Crippen molar-refractivity contribution in [3.05, 3.63) is 70.6 Å². The molecule has 3 aromatic rings. The Bertz CT molecular complexity index is 1430. The average molecular weight is 617 g/mol. The average Bonchev–Trinajstić information content (AvgIpc) is 3.44. The van der Waals surface area contributed by atoms with Gasteiger partial charge in [-0.05, 0) is 74.1 Å². The maximum atomic E-state index is 13.3. The molecule has 5 rings (SSSR count). The smallest absolute Gasteiger partial charge is 0.243 e. The lowest BCUT2D eigenvalue weighted by Crippen LogP contribution is -2.45. The van der Waals surface area contributed by atoms with Crippen LogP contribution in [-0.4, -0.2) is 54.3 Å². The summed E-state index contributed by atoms with van der Waals surface area (Å²) in [7, 11) is -3.93. The molecule has 1 amide bonds. The minimum Gasteiger partial charge on any atom is -0.349 e. The first-order valence-electron chi connectivity index (χ1n) is 13.1. The number of amides is 1. The van der Waals surface area contributed by atoms with Crippen LogP contribution in [0.4, 0.5) is 10.3 Å². The van der Waals surface area contributed by atoms with Gasteiger partial charge in [-0.3, -0.25) is 4.79 Å². The van der Waals surface area contributed by atoms with E-state index in [0.29, 0.717) is 30.4 Å². The van der Waals surface area contributed by atoms with Crippen molar-refractivity contribution < 1.29 is 17.6 Å². The number of anilines is 1. The fourth-order valence-corrected chi connectivity index (χ4v) is 6.94. The molecule has 0 unspecified atom stereocenters. The van der Waals surface area contributed by atoms with Gasteiger partial charge in [0.25, 0.3) is 0 Å². The van der Waals surface area contributed by atoms with Gasteiger partial charge in [0.05, 0.1) is 22.8 Å². The molecular weight excluding hydrogens is 585 g/mol. The molecule has 0 saturated carbocycles. The van der Waals surface area contributed by atoms with E-state index in [1.807, 2.05) is 30.3 Å². The predicted octanol–water partition coefficient (Wildman–Crippen LogP) is 4.75. The highest BCUT2D eigenvalue weighted by atomic mass is 79.9. The second-order valence-corrected chi connectivity index (χ2v) is 13.0. The normalized spacial score (nSPS) is 18.8. The third-order valence-corrected chi connectivity index (χ3v) is 9.80. The Hall–Kier alpha value is -2.89. The molecule has 8 nitrogen and oxygen atoms in total. The highest BCUT2D eigenvalue weighted by Gasteiger charge is 2.39. The second kappa shape index (κ2) is 11.7. The molecule has 0 bridgehead atoms. The van der Waals surface area contributed by atoms with Gasteiger partial charge in [0.2, 0.25) is 21.9 Å². The summed E-state index contributed by atoms with van der Waals surface area (Å²) in [6.07, 6.45) is 3.12. The third-order valence-electron chi connectivity index (χ3n) is 7.34. The maximum absolute atomic E-state index is 13.3. The maximum Gasteiger partial charge on any atom is 0.243 e. The third kappa shape index (κ3) is 6.31. The summed E-state index contributed by atoms with van der Waals surface area (Å²) in [5.74, 6) is 0.397. The molecule has 2 aromatic carbocycles. The number of carbonyl (C=O) groups is 1.